The van der Waals surface area contributed by atoms with Gasteiger partial charge in [0.1, 0.15) is 17.2 Å². The zero-order valence-electron chi connectivity index (χ0n) is 14.5. The van der Waals surface area contributed by atoms with Crippen LogP contribution < -0.4 is 14.2 Å². The van der Waals surface area contributed by atoms with Crippen LogP contribution in [0.25, 0.3) is 0 Å². The lowest BCUT2D eigenvalue weighted by atomic mass is 9.99. The Labute approximate surface area is 147 Å². The number of hydrogen-bond donors (Lipinski definition) is 0. The lowest BCUT2D eigenvalue weighted by Crippen LogP contribution is -2.26. The van der Waals surface area contributed by atoms with Crippen LogP contribution in [-0.2, 0) is 19.4 Å². The van der Waals surface area contributed by atoms with Gasteiger partial charge in [0.25, 0.3) is 5.91 Å². The summed E-state index contributed by atoms with van der Waals surface area (Å²) in [5, 5.41) is 0. The third-order valence-electron chi connectivity index (χ3n) is 4.84. The molecule has 0 N–H and O–H groups in total. The summed E-state index contributed by atoms with van der Waals surface area (Å²) < 4.78 is 16.8. The topological polar surface area (TPSA) is 48.0 Å². The molecular weight excluding hydrogens is 318 g/mol. The number of fused-ring (bicyclic) bond motifs is 2. The number of rotatable bonds is 4. The molecule has 2 aliphatic rings. The Bertz CT molecular complexity index is 781. The van der Waals surface area contributed by atoms with Crippen molar-refractivity contribution in [3.8, 4) is 17.2 Å². The van der Waals surface area contributed by atoms with Crippen molar-refractivity contribution in [1.82, 2.24) is 4.90 Å². The predicted octanol–water partition coefficient (Wildman–Crippen LogP) is 2.84. The van der Waals surface area contributed by atoms with E-state index in [9.17, 15) is 4.79 Å². The number of benzene rings is 2. The Morgan fingerprint density at radius 1 is 1.16 bits per heavy atom. The van der Waals surface area contributed by atoms with E-state index in [2.05, 4.69) is 6.07 Å². The molecule has 0 radical (unpaired) electrons. The van der Waals surface area contributed by atoms with E-state index in [-0.39, 0.29) is 5.91 Å². The Morgan fingerprint density at radius 2 is 1.92 bits per heavy atom. The molecule has 0 saturated carbocycles. The van der Waals surface area contributed by atoms with Crippen LogP contribution in [0.15, 0.2) is 30.3 Å². The Kier molecular flexibility index (Phi) is 3.99. The van der Waals surface area contributed by atoms with Gasteiger partial charge in [-0.2, -0.15) is 0 Å². The minimum absolute atomic E-state index is 0.0223. The van der Waals surface area contributed by atoms with Crippen LogP contribution in [0, 0.1) is 0 Å². The zero-order chi connectivity index (χ0) is 17.4. The molecule has 0 aliphatic carbocycles. The second-order valence-corrected chi connectivity index (χ2v) is 6.41. The van der Waals surface area contributed by atoms with Crippen molar-refractivity contribution in [1.29, 1.82) is 0 Å². The maximum Gasteiger partial charge on any atom is 0.253 e. The van der Waals surface area contributed by atoms with Crippen LogP contribution in [0.1, 0.15) is 27.0 Å². The van der Waals surface area contributed by atoms with Crippen LogP contribution in [0.2, 0.25) is 0 Å². The summed E-state index contributed by atoms with van der Waals surface area (Å²) in [4.78, 5) is 14.5. The summed E-state index contributed by atoms with van der Waals surface area (Å²) in [6.45, 7) is 1.91. The van der Waals surface area contributed by atoms with E-state index >= 15 is 0 Å². The average Bonchev–Trinajstić information content (AvgIpc) is 3.29. The molecule has 0 unspecified atom stereocenters. The fourth-order valence-electron chi connectivity index (χ4n) is 3.52. The summed E-state index contributed by atoms with van der Waals surface area (Å²) >= 11 is 0. The molecular formula is C20H21NO4. The van der Waals surface area contributed by atoms with Gasteiger partial charge in [-0.3, -0.25) is 4.79 Å². The molecule has 2 aromatic rings. The highest BCUT2D eigenvalue weighted by Gasteiger charge is 2.27. The first kappa shape index (κ1) is 15.8. The van der Waals surface area contributed by atoms with Gasteiger partial charge in [-0.25, -0.2) is 0 Å². The van der Waals surface area contributed by atoms with E-state index in [0.29, 0.717) is 25.3 Å². The van der Waals surface area contributed by atoms with Crippen molar-refractivity contribution in [2.24, 2.45) is 0 Å². The first-order valence-corrected chi connectivity index (χ1v) is 8.50. The van der Waals surface area contributed by atoms with Crippen LogP contribution in [0.3, 0.4) is 0 Å². The SMILES string of the molecule is COc1ccc(C(=O)N(C)Cc2c3c(cc4c2OCC4)OCC3)cc1. The molecule has 5 heteroatoms. The third kappa shape index (κ3) is 2.80. The minimum atomic E-state index is -0.0223. The number of amides is 1. The van der Waals surface area contributed by atoms with Gasteiger partial charge >= 0.3 is 0 Å². The van der Waals surface area contributed by atoms with Gasteiger partial charge < -0.3 is 19.1 Å². The smallest absolute Gasteiger partial charge is 0.253 e. The van der Waals surface area contributed by atoms with Gasteiger partial charge in [0.15, 0.2) is 0 Å². The first-order chi connectivity index (χ1) is 12.2. The number of hydrogen-bond acceptors (Lipinski definition) is 4. The van der Waals surface area contributed by atoms with E-state index in [1.54, 1.807) is 36.3 Å². The number of carbonyl (C=O) groups excluding carboxylic acids is 1. The van der Waals surface area contributed by atoms with Crippen molar-refractivity contribution in [3.05, 3.63) is 52.6 Å². The highest BCUT2D eigenvalue weighted by molar-refractivity contribution is 5.94. The second kappa shape index (κ2) is 6.31. The Morgan fingerprint density at radius 3 is 2.68 bits per heavy atom. The van der Waals surface area contributed by atoms with Crippen molar-refractivity contribution < 1.29 is 19.0 Å². The number of nitrogens with zero attached hydrogens (tertiary/aromatic N) is 1. The van der Waals surface area contributed by atoms with Crippen molar-refractivity contribution in [2.45, 2.75) is 19.4 Å². The number of methoxy groups -OCH3 is 1. The summed E-state index contributed by atoms with van der Waals surface area (Å²) in [6.07, 6.45) is 1.76. The minimum Gasteiger partial charge on any atom is -0.497 e. The Balaban J connectivity index is 1.60. The molecule has 4 rings (SSSR count). The number of ether oxygens (including phenoxy) is 3. The molecule has 1 amide bonds. The van der Waals surface area contributed by atoms with E-state index < -0.39 is 0 Å². The van der Waals surface area contributed by atoms with Gasteiger partial charge in [0.05, 0.1) is 20.3 Å². The summed E-state index contributed by atoms with van der Waals surface area (Å²) in [5.41, 5.74) is 4.09. The summed E-state index contributed by atoms with van der Waals surface area (Å²) in [6, 6.07) is 9.28. The van der Waals surface area contributed by atoms with E-state index in [4.69, 9.17) is 14.2 Å². The molecule has 0 saturated heterocycles. The Hall–Kier alpha value is -2.69. The predicted molar refractivity (Wildman–Crippen MR) is 93.6 cm³/mol. The quantitative estimate of drug-likeness (QED) is 0.859. The largest absolute Gasteiger partial charge is 0.497 e. The molecule has 0 spiro atoms. The fourth-order valence-corrected chi connectivity index (χ4v) is 3.52. The molecule has 25 heavy (non-hydrogen) atoms. The van der Waals surface area contributed by atoms with E-state index in [1.807, 2.05) is 7.05 Å². The second-order valence-electron chi connectivity index (χ2n) is 6.41. The monoisotopic (exact) mass is 339 g/mol. The standard InChI is InChI=1S/C20H21NO4/c1-21(20(22)13-3-5-15(23-2)6-4-13)12-17-16-8-10-24-18(16)11-14-7-9-25-19(14)17/h3-6,11H,7-10,12H2,1-2H3. The highest BCUT2D eigenvalue weighted by Crippen LogP contribution is 2.41. The summed E-state index contributed by atoms with van der Waals surface area (Å²) in [5.74, 6) is 2.61. The lowest BCUT2D eigenvalue weighted by molar-refractivity contribution is 0.0784. The van der Waals surface area contributed by atoms with Gasteiger partial charge in [-0.15, -0.1) is 0 Å². The molecule has 5 nitrogen and oxygen atoms in total. The molecule has 2 aliphatic heterocycles. The normalized spacial score (nSPS) is 14.3. The highest BCUT2D eigenvalue weighted by atomic mass is 16.5. The van der Waals surface area contributed by atoms with Gasteiger partial charge in [0, 0.05) is 48.7 Å². The first-order valence-electron chi connectivity index (χ1n) is 8.50. The van der Waals surface area contributed by atoms with Gasteiger partial charge in [-0.1, -0.05) is 0 Å². The summed E-state index contributed by atoms with van der Waals surface area (Å²) in [7, 11) is 3.44. The zero-order valence-corrected chi connectivity index (χ0v) is 14.5. The molecule has 2 heterocycles. The van der Waals surface area contributed by atoms with Gasteiger partial charge in [0.2, 0.25) is 0 Å². The third-order valence-corrected chi connectivity index (χ3v) is 4.84. The van der Waals surface area contributed by atoms with Crippen molar-refractivity contribution >= 4 is 5.91 Å². The van der Waals surface area contributed by atoms with Crippen LogP contribution >= 0.6 is 0 Å². The lowest BCUT2D eigenvalue weighted by Gasteiger charge is -2.21. The van der Waals surface area contributed by atoms with Crippen LogP contribution in [0.4, 0.5) is 0 Å². The molecule has 0 aromatic heterocycles. The number of carbonyl (C=O) groups is 1. The average molecular weight is 339 g/mol. The molecule has 2 aromatic carbocycles. The fraction of sp³-hybridized carbons (Fsp3) is 0.350. The molecule has 0 bridgehead atoms. The van der Waals surface area contributed by atoms with E-state index in [1.165, 1.54) is 11.1 Å². The van der Waals surface area contributed by atoms with E-state index in [0.717, 1.165) is 35.7 Å². The van der Waals surface area contributed by atoms with Crippen molar-refractivity contribution in [2.75, 3.05) is 27.4 Å². The molecule has 0 fully saturated rings. The van der Waals surface area contributed by atoms with Crippen LogP contribution in [0.5, 0.6) is 17.2 Å². The maximum atomic E-state index is 12.8. The molecule has 0 atom stereocenters. The molecule has 130 valence electrons. The van der Waals surface area contributed by atoms with Crippen molar-refractivity contribution in [3.63, 3.8) is 0 Å². The van der Waals surface area contributed by atoms with Crippen LogP contribution in [-0.4, -0.2) is 38.2 Å². The van der Waals surface area contributed by atoms with Gasteiger partial charge in [-0.05, 0) is 30.3 Å². The maximum absolute atomic E-state index is 12.8.